The first-order valence-electron chi connectivity index (χ1n) is 34.7. The van der Waals surface area contributed by atoms with Crippen LogP contribution < -0.4 is 42.7 Å². The van der Waals surface area contributed by atoms with Crippen LogP contribution in [0.25, 0.3) is 61.9 Å². The predicted octanol–water partition coefficient (Wildman–Crippen LogP) is 14.9. The molecule has 0 saturated heterocycles. The fourth-order valence-electron chi connectivity index (χ4n) is 14.4. The zero-order valence-corrected chi connectivity index (χ0v) is 61.0. The molecule has 0 amide bonds. The summed E-state index contributed by atoms with van der Waals surface area (Å²) in [7, 11) is 16.9. The first-order chi connectivity index (χ1) is 47.7. The molecule has 15 rings (SSSR count). The fourth-order valence-corrected chi connectivity index (χ4v) is 14.4. The van der Waals surface area contributed by atoms with Crippen molar-refractivity contribution in [2.45, 2.75) is 87.2 Å². The van der Waals surface area contributed by atoms with Crippen LogP contribution in [0.5, 0.6) is 0 Å². The summed E-state index contributed by atoms with van der Waals surface area (Å²) in [6.07, 6.45) is 25.3. The largest absolute Gasteiger partial charge is 0.359 e. The number of para-hydroxylation sites is 3. The Bertz CT molecular complexity index is 4910. The van der Waals surface area contributed by atoms with Crippen molar-refractivity contribution in [3.63, 3.8) is 0 Å². The maximum atomic E-state index is 2.43. The molecule has 3 aliphatic rings. The Morgan fingerprint density at radius 3 is 1.49 bits per heavy atom. The SMILES string of the molecule is Cc1c(-c2cccc[n+]2C)cccc1-c1ccc2c(CC(C)C)cccc2[n+]1C.Cc1c(-c2n(-c3ccccc3)cc[n+]2C)cccc1N1C=CN(C)[C@@H]1C.Cc1c(N2C=CN(C)[C@@H]2C)cccc1-n1ccc[n+]1C.Cc1c(N2c3ccccc3N(C)[C@@H]2C)cccc1-n1ccc[n+]1C. The van der Waals surface area contributed by atoms with Gasteiger partial charge in [-0.25, -0.2) is 9.13 Å². The third kappa shape index (κ3) is 13.4. The van der Waals surface area contributed by atoms with Crippen molar-refractivity contribution in [2.75, 3.05) is 40.7 Å². The van der Waals surface area contributed by atoms with E-state index in [0.717, 1.165) is 6.42 Å². The molecule has 0 unspecified atom stereocenters. The summed E-state index contributed by atoms with van der Waals surface area (Å²) in [5.74, 6) is 1.83. The highest BCUT2D eigenvalue weighted by Gasteiger charge is 2.33. The van der Waals surface area contributed by atoms with E-state index >= 15 is 0 Å². The molecule has 0 bridgehead atoms. The van der Waals surface area contributed by atoms with Crippen LogP contribution in [0.4, 0.5) is 28.4 Å². The van der Waals surface area contributed by atoms with Gasteiger partial charge in [-0.15, -0.1) is 18.7 Å². The number of anilines is 5. The molecule has 7 aromatic carbocycles. The van der Waals surface area contributed by atoms with Crippen LogP contribution in [0.1, 0.15) is 62.4 Å². The number of nitrogens with zero attached hydrogens (tertiary/aromatic N) is 14. The van der Waals surface area contributed by atoms with Crippen molar-refractivity contribution in [1.82, 2.24) is 23.7 Å². The first kappa shape index (κ1) is 68.0. The van der Waals surface area contributed by atoms with Crippen molar-refractivity contribution in [2.24, 2.45) is 41.2 Å². The van der Waals surface area contributed by atoms with Gasteiger partial charge in [0, 0.05) is 127 Å². The number of aromatic nitrogens is 8. The van der Waals surface area contributed by atoms with Gasteiger partial charge < -0.3 is 29.4 Å². The minimum Gasteiger partial charge on any atom is -0.359 e. The average molecular weight is 1320 g/mol. The van der Waals surface area contributed by atoms with E-state index in [4.69, 9.17) is 0 Å². The number of aryl methyl sites for hydroxylation is 5. The molecule has 14 nitrogen and oxygen atoms in total. The van der Waals surface area contributed by atoms with Gasteiger partial charge >= 0.3 is 0 Å². The minimum absolute atomic E-state index is 0.287. The molecule has 99 heavy (non-hydrogen) atoms. The Balaban J connectivity index is 0.000000126. The normalized spacial score (nSPS) is 15.4. The lowest BCUT2D eigenvalue weighted by Crippen LogP contribution is -2.38. The smallest absolute Gasteiger partial charge is 0.294 e. The topological polar surface area (TPSA) is 53.6 Å². The van der Waals surface area contributed by atoms with Gasteiger partial charge in [0.2, 0.25) is 16.9 Å². The second-order valence-electron chi connectivity index (χ2n) is 27.1. The highest BCUT2D eigenvalue weighted by Crippen LogP contribution is 2.45. The fraction of sp³-hybridized carbons (Fsp3) is 0.259. The van der Waals surface area contributed by atoms with Crippen LogP contribution in [0, 0.1) is 33.6 Å². The second kappa shape index (κ2) is 29.0. The van der Waals surface area contributed by atoms with E-state index in [0.29, 0.717) is 18.2 Å². The number of pyridine rings is 2. The monoisotopic (exact) mass is 1320 g/mol. The Morgan fingerprint density at radius 2 is 0.909 bits per heavy atom. The molecular formula is C85H99N14+5. The summed E-state index contributed by atoms with van der Waals surface area (Å²) >= 11 is 0. The number of hydrogen-bond donors (Lipinski definition) is 0. The van der Waals surface area contributed by atoms with Gasteiger partial charge in [-0.2, -0.15) is 9.13 Å². The van der Waals surface area contributed by atoms with Crippen molar-refractivity contribution >= 4 is 39.3 Å². The van der Waals surface area contributed by atoms with Crippen LogP contribution in [0.2, 0.25) is 0 Å². The molecule has 14 heteroatoms. The van der Waals surface area contributed by atoms with Crippen molar-refractivity contribution < 1.29 is 23.1 Å². The molecule has 0 spiro atoms. The lowest BCUT2D eigenvalue weighted by atomic mass is 9.95. The van der Waals surface area contributed by atoms with Crippen LogP contribution in [0.15, 0.2) is 256 Å². The van der Waals surface area contributed by atoms with Crippen LogP contribution in [-0.4, -0.2) is 63.4 Å². The van der Waals surface area contributed by atoms with Gasteiger partial charge in [0.25, 0.3) is 5.82 Å². The van der Waals surface area contributed by atoms with E-state index in [1.807, 2.05) is 0 Å². The maximum Gasteiger partial charge on any atom is 0.294 e. The third-order valence-electron chi connectivity index (χ3n) is 20.4. The summed E-state index contributed by atoms with van der Waals surface area (Å²) in [4.78, 5) is 13.8. The first-order valence-corrected chi connectivity index (χ1v) is 34.7. The summed E-state index contributed by atoms with van der Waals surface area (Å²) in [5.41, 5.74) is 24.0. The van der Waals surface area contributed by atoms with Gasteiger partial charge in [0.15, 0.2) is 32.7 Å². The molecule has 504 valence electrons. The predicted molar refractivity (Wildman–Crippen MR) is 405 cm³/mol. The van der Waals surface area contributed by atoms with E-state index < -0.39 is 0 Å². The molecule has 12 aromatic rings. The van der Waals surface area contributed by atoms with Gasteiger partial charge in [-0.05, 0) is 162 Å². The van der Waals surface area contributed by atoms with Crippen molar-refractivity contribution in [3.8, 4) is 51.0 Å². The molecule has 3 aliphatic heterocycles. The number of hydrogen-bond acceptors (Lipinski definition) is 6. The van der Waals surface area contributed by atoms with Crippen molar-refractivity contribution in [1.29, 1.82) is 0 Å². The zero-order chi connectivity index (χ0) is 69.9. The molecule has 5 aromatic heterocycles. The third-order valence-corrected chi connectivity index (χ3v) is 20.4. The van der Waals surface area contributed by atoms with Crippen LogP contribution >= 0.6 is 0 Å². The summed E-state index contributed by atoms with van der Waals surface area (Å²) in [5, 5.41) is 1.36. The maximum absolute atomic E-state index is 2.43. The van der Waals surface area contributed by atoms with E-state index in [1.54, 1.807) is 0 Å². The zero-order valence-electron chi connectivity index (χ0n) is 61.0. The molecule has 0 saturated carbocycles. The van der Waals surface area contributed by atoms with Gasteiger partial charge in [-0.3, -0.25) is 0 Å². The summed E-state index contributed by atoms with van der Waals surface area (Å²) in [6, 6.07) is 67.1. The average Bonchev–Trinajstić information content (AvgIpc) is 1.68. The van der Waals surface area contributed by atoms with E-state index in [9.17, 15) is 0 Å². The number of fused-ring (bicyclic) bond motifs is 2. The van der Waals surface area contributed by atoms with Crippen LogP contribution in [0.3, 0.4) is 0 Å². The molecule has 0 N–H and O–H groups in total. The van der Waals surface area contributed by atoms with E-state index in [2.05, 4.69) is 441 Å². The Labute approximate surface area is 587 Å². The van der Waals surface area contributed by atoms with Crippen molar-refractivity contribution in [3.05, 3.63) is 284 Å². The van der Waals surface area contributed by atoms with E-state index in [-0.39, 0.29) is 6.17 Å². The minimum atomic E-state index is 0.287. The van der Waals surface area contributed by atoms with Crippen LogP contribution in [-0.2, 0) is 41.7 Å². The lowest BCUT2D eigenvalue weighted by molar-refractivity contribution is -0.744. The standard InChI is InChI=1S/C27H30N2.C22H25N4.C20H23N4.C16H21N4/c1-19(2)18-21-10-8-14-26-24(21)15-16-27(29(26)5)23-12-9-11-22(20(23)3)25-13-6-7-17-28(25)4;1-17-20(11-8-12-21(17)25-15-13-23(3)18(25)2)22-24(4)14-16-26(22)19-9-6-5-7-10-19;1-15-17(23-14-8-13-21(23)3)11-7-12-18(15)24-16(2)22(4)19-9-5-6-10-20(19)24;1-13-15(19-12-11-17(3)14(19)2)7-5-8-16(13)20-10-6-9-18(20)4/h6-17,19H,18H2,1-5H3;5-16,18H,1-4H3;5-14,16H,1-4H3;5-12,14H,1-4H3/q+2;3*+1/t;18-;16-;14-/m.000/s1. The molecular weight excluding hydrogens is 1220 g/mol. The van der Waals surface area contributed by atoms with Gasteiger partial charge in [0.1, 0.15) is 62.0 Å². The quantitative estimate of drug-likeness (QED) is 0.120. The highest BCUT2D eigenvalue weighted by molar-refractivity contribution is 5.86. The molecule has 0 radical (unpaired) electrons. The van der Waals surface area contributed by atoms with Gasteiger partial charge in [0.05, 0.1) is 36.4 Å². The molecule has 3 atom stereocenters. The molecule has 0 fully saturated rings. The number of imidazole rings is 1. The summed E-state index contributed by atoms with van der Waals surface area (Å²) in [6.45, 7) is 20.1. The Morgan fingerprint density at radius 1 is 0.394 bits per heavy atom. The second-order valence-corrected chi connectivity index (χ2v) is 27.1. The van der Waals surface area contributed by atoms with Gasteiger partial charge in [-0.1, -0.05) is 80.6 Å². The number of benzene rings is 7. The van der Waals surface area contributed by atoms with E-state index in [1.165, 1.54) is 118 Å². The lowest BCUT2D eigenvalue weighted by Gasteiger charge is -2.29. The highest BCUT2D eigenvalue weighted by atomic mass is 15.4. The Kier molecular flexibility index (Phi) is 19.9. The molecule has 8 heterocycles. The Hall–Kier alpha value is -11.0. The summed E-state index contributed by atoms with van der Waals surface area (Å²) < 4.78 is 17.5. The number of rotatable bonds is 11. The molecule has 0 aliphatic carbocycles.